The maximum Gasteiger partial charge on any atom is 0.129 e. The van der Waals surface area contributed by atoms with E-state index in [1.54, 1.807) is 18.3 Å². The van der Waals surface area contributed by atoms with Crippen LogP contribution in [0.25, 0.3) is 0 Å². The summed E-state index contributed by atoms with van der Waals surface area (Å²) in [4.78, 5) is 14.6. The standard InChI is InChI=1S/C12H19NOS/c1-3-13(8-4-6-11(2)14)10-12-7-5-9-15-12/h5,7,9H,3-4,6,8,10H2,1-2H3. The average Bonchev–Trinajstić information content (AvgIpc) is 2.68. The molecule has 1 rings (SSSR count). The molecule has 0 amide bonds. The maximum absolute atomic E-state index is 10.8. The van der Waals surface area contributed by atoms with E-state index in [0.29, 0.717) is 12.2 Å². The molecule has 0 aromatic carbocycles. The average molecular weight is 225 g/mol. The lowest BCUT2D eigenvalue weighted by molar-refractivity contribution is -0.117. The van der Waals surface area contributed by atoms with Gasteiger partial charge in [0.25, 0.3) is 0 Å². The van der Waals surface area contributed by atoms with Crippen LogP contribution in [0.4, 0.5) is 0 Å². The molecule has 0 unspecified atom stereocenters. The third kappa shape index (κ3) is 5.09. The molecular weight excluding hydrogens is 206 g/mol. The van der Waals surface area contributed by atoms with Crippen LogP contribution < -0.4 is 0 Å². The van der Waals surface area contributed by atoms with Crippen LogP contribution in [0.2, 0.25) is 0 Å². The minimum absolute atomic E-state index is 0.294. The molecule has 0 atom stereocenters. The number of nitrogens with zero attached hydrogens (tertiary/aromatic N) is 1. The Hall–Kier alpha value is -0.670. The molecule has 0 N–H and O–H groups in total. The summed E-state index contributed by atoms with van der Waals surface area (Å²) >= 11 is 1.80. The number of hydrogen-bond donors (Lipinski definition) is 0. The van der Waals surface area contributed by atoms with Crippen LogP contribution in [-0.4, -0.2) is 23.8 Å². The van der Waals surface area contributed by atoms with Crippen molar-refractivity contribution in [3.63, 3.8) is 0 Å². The monoisotopic (exact) mass is 225 g/mol. The Morgan fingerprint density at radius 1 is 1.53 bits per heavy atom. The van der Waals surface area contributed by atoms with Gasteiger partial charge in [0.15, 0.2) is 0 Å². The highest BCUT2D eigenvalue weighted by molar-refractivity contribution is 7.09. The molecule has 0 spiro atoms. The zero-order valence-electron chi connectivity index (χ0n) is 9.53. The summed E-state index contributed by atoms with van der Waals surface area (Å²) in [5, 5.41) is 2.11. The second-order valence-corrected chi connectivity index (χ2v) is 4.79. The van der Waals surface area contributed by atoms with Gasteiger partial charge >= 0.3 is 0 Å². The molecule has 15 heavy (non-hydrogen) atoms. The molecule has 0 aliphatic carbocycles. The van der Waals surface area contributed by atoms with Crippen molar-refractivity contribution in [1.82, 2.24) is 4.90 Å². The van der Waals surface area contributed by atoms with Gasteiger partial charge in [-0.3, -0.25) is 4.90 Å². The summed E-state index contributed by atoms with van der Waals surface area (Å²) in [5.41, 5.74) is 0. The number of Topliss-reactive ketones (excluding diaryl/α,β-unsaturated/α-hetero) is 1. The molecule has 1 aromatic heterocycles. The van der Waals surface area contributed by atoms with E-state index in [-0.39, 0.29) is 0 Å². The van der Waals surface area contributed by atoms with Crippen LogP contribution >= 0.6 is 11.3 Å². The van der Waals surface area contributed by atoms with Gasteiger partial charge < -0.3 is 4.79 Å². The van der Waals surface area contributed by atoms with Crippen molar-refractivity contribution in [2.75, 3.05) is 13.1 Å². The van der Waals surface area contributed by atoms with Gasteiger partial charge in [-0.15, -0.1) is 11.3 Å². The maximum atomic E-state index is 10.8. The molecule has 84 valence electrons. The molecule has 0 saturated carbocycles. The number of ketones is 1. The fourth-order valence-electron chi connectivity index (χ4n) is 1.52. The van der Waals surface area contributed by atoms with Crippen molar-refractivity contribution in [1.29, 1.82) is 0 Å². The third-order valence-corrected chi connectivity index (χ3v) is 3.27. The van der Waals surface area contributed by atoms with E-state index in [9.17, 15) is 4.79 Å². The summed E-state index contributed by atoms with van der Waals surface area (Å²) in [6, 6.07) is 4.25. The lowest BCUT2D eigenvalue weighted by Gasteiger charge is -2.18. The zero-order chi connectivity index (χ0) is 11.1. The lowest BCUT2D eigenvalue weighted by Crippen LogP contribution is -2.23. The molecule has 0 aliphatic rings. The Kier molecular flexibility index (Phi) is 5.58. The van der Waals surface area contributed by atoms with E-state index in [4.69, 9.17) is 0 Å². The minimum atomic E-state index is 0.294. The van der Waals surface area contributed by atoms with Crippen molar-refractivity contribution in [3.05, 3.63) is 22.4 Å². The van der Waals surface area contributed by atoms with E-state index < -0.39 is 0 Å². The molecular formula is C12H19NOS. The van der Waals surface area contributed by atoms with E-state index in [2.05, 4.69) is 29.3 Å². The van der Waals surface area contributed by atoms with Crippen molar-refractivity contribution in [3.8, 4) is 0 Å². The lowest BCUT2D eigenvalue weighted by atomic mass is 10.2. The highest BCUT2D eigenvalue weighted by Gasteiger charge is 2.04. The molecule has 2 nitrogen and oxygen atoms in total. The van der Waals surface area contributed by atoms with Crippen LogP contribution in [0.1, 0.15) is 31.6 Å². The third-order valence-electron chi connectivity index (χ3n) is 2.41. The van der Waals surface area contributed by atoms with Crippen molar-refractivity contribution < 1.29 is 4.79 Å². The highest BCUT2D eigenvalue weighted by Crippen LogP contribution is 2.12. The van der Waals surface area contributed by atoms with Crippen LogP contribution in [-0.2, 0) is 11.3 Å². The number of rotatable bonds is 7. The quantitative estimate of drug-likeness (QED) is 0.711. The molecule has 0 radical (unpaired) electrons. The molecule has 0 bridgehead atoms. The Labute approximate surface area is 95.9 Å². The Balaban J connectivity index is 2.27. The van der Waals surface area contributed by atoms with Crippen molar-refractivity contribution in [2.45, 2.75) is 33.2 Å². The number of thiophene rings is 1. The summed E-state index contributed by atoms with van der Waals surface area (Å²) < 4.78 is 0. The fraction of sp³-hybridized carbons (Fsp3) is 0.583. The molecule has 1 aromatic rings. The van der Waals surface area contributed by atoms with Crippen LogP contribution in [0.5, 0.6) is 0 Å². The predicted octanol–water partition coefficient (Wildman–Crippen LogP) is 2.94. The Morgan fingerprint density at radius 2 is 2.33 bits per heavy atom. The first kappa shape index (κ1) is 12.4. The zero-order valence-corrected chi connectivity index (χ0v) is 10.3. The first-order chi connectivity index (χ1) is 7.22. The van der Waals surface area contributed by atoms with Gasteiger partial charge in [-0.05, 0) is 37.9 Å². The first-order valence-electron chi connectivity index (χ1n) is 5.46. The summed E-state index contributed by atoms with van der Waals surface area (Å²) in [5.74, 6) is 0.294. The van der Waals surface area contributed by atoms with Gasteiger partial charge in [-0.2, -0.15) is 0 Å². The van der Waals surface area contributed by atoms with Gasteiger partial charge in [0, 0.05) is 17.8 Å². The van der Waals surface area contributed by atoms with Crippen molar-refractivity contribution >= 4 is 17.1 Å². The summed E-state index contributed by atoms with van der Waals surface area (Å²) in [7, 11) is 0. The van der Waals surface area contributed by atoms with Crippen molar-refractivity contribution in [2.24, 2.45) is 0 Å². The SMILES string of the molecule is CCN(CCCC(C)=O)Cc1cccs1. The fourth-order valence-corrected chi connectivity index (χ4v) is 2.27. The molecule has 1 heterocycles. The van der Waals surface area contributed by atoms with E-state index in [1.165, 1.54) is 4.88 Å². The first-order valence-corrected chi connectivity index (χ1v) is 6.34. The van der Waals surface area contributed by atoms with Crippen LogP contribution in [0, 0.1) is 0 Å². The van der Waals surface area contributed by atoms with Gasteiger partial charge in [-0.1, -0.05) is 13.0 Å². The number of carbonyl (C=O) groups excluding carboxylic acids is 1. The van der Waals surface area contributed by atoms with Crippen LogP contribution in [0.15, 0.2) is 17.5 Å². The Bertz CT molecular complexity index is 282. The summed E-state index contributed by atoms with van der Waals surface area (Å²) in [6.07, 6.45) is 1.69. The van der Waals surface area contributed by atoms with Gasteiger partial charge in [-0.25, -0.2) is 0 Å². The molecule has 0 saturated heterocycles. The normalized spacial score (nSPS) is 10.9. The van der Waals surface area contributed by atoms with Gasteiger partial charge in [0.05, 0.1) is 0 Å². The molecule has 3 heteroatoms. The second kappa shape index (κ2) is 6.75. The van der Waals surface area contributed by atoms with E-state index >= 15 is 0 Å². The Morgan fingerprint density at radius 3 is 2.87 bits per heavy atom. The van der Waals surface area contributed by atoms with Gasteiger partial charge in [0.2, 0.25) is 0 Å². The number of hydrogen-bond acceptors (Lipinski definition) is 3. The molecule has 0 fully saturated rings. The molecule has 0 aliphatic heterocycles. The second-order valence-electron chi connectivity index (χ2n) is 3.75. The summed E-state index contributed by atoms with van der Waals surface area (Å²) in [6.45, 7) is 6.92. The van der Waals surface area contributed by atoms with Gasteiger partial charge in [0.1, 0.15) is 5.78 Å². The van der Waals surface area contributed by atoms with E-state index in [1.807, 2.05) is 0 Å². The van der Waals surface area contributed by atoms with Crippen LogP contribution in [0.3, 0.4) is 0 Å². The largest absolute Gasteiger partial charge is 0.300 e. The predicted molar refractivity (Wildman–Crippen MR) is 65.2 cm³/mol. The minimum Gasteiger partial charge on any atom is -0.300 e. The smallest absolute Gasteiger partial charge is 0.129 e. The topological polar surface area (TPSA) is 20.3 Å². The number of carbonyl (C=O) groups is 1. The van der Waals surface area contributed by atoms with E-state index in [0.717, 1.165) is 26.1 Å². The highest BCUT2D eigenvalue weighted by atomic mass is 32.1.